The monoisotopic (exact) mass is 595 g/mol. The molecular weight excluding hydrogens is 569 g/mol. The minimum absolute atomic E-state index is 0.0138. The Bertz CT molecular complexity index is 1420. The van der Waals surface area contributed by atoms with Crippen molar-refractivity contribution in [2.45, 2.75) is 38.3 Å². The molecule has 0 heterocycles. The van der Waals surface area contributed by atoms with Crippen LogP contribution in [0.3, 0.4) is 0 Å². The van der Waals surface area contributed by atoms with E-state index < -0.39 is 28.5 Å². The van der Waals surface area contributed by atoms with E-state index in [9.17, 15) is 18.0 Å². The number of likely N-dealkylation sites (N-methyl/N-ethyl adjacent to an activating group) is 1. The quantitative estimate of drug-likeness (QED) is 0.325. The van der Waals surface area contributed by atoms with Gasteiger partial charge >= 0.3 is 0 Å². The molecule has 0 aromatic heterocycles. The summed E-state index contributed by atoms with van der Waals surface area (Å²) in [5.41, 5.74) is 1.65. The topological polar surface area (TPSA) is 86.8 Å². The van der Waals surface area contributed by atoms with Crippen molar-refractivity contribution < 1.29 is 18.0 Å². The summed E-state index contributed by atoms with van der Waals surface area (Å²) < 4.78 is 28.5. The van der Waals surface area contributed by atoms with Gasteiger partial charge < -0.3 is 10.2 Å². The molecule has 11 heteroatoms. The first kappa shape index (κ1) is 29.8. The third-order valence-corrected chi connectivity index (χ3v) is 8.47. The van der Waals surface area contributed by atoms with Crippen LogP contribution in [0.1, 0.15) is 25.0 Å². The van der Waals surface area contributed by atoms with Crippen molar-refractivity contribution >= 4 is 62.3 Å². The Morgan fingerprint density at radius 3 is 2.21 bits per heavy atom. The van der Waals surface area contributed by atoms with E-state index in [0.29, 0.717) is 27.2 Å². The van der Waals surface area contributed by atoms with Crippen LogP contribution in [0.15, 0.2) is 71.6 Å². The number of carbonyl (C=O) groups excluding carboxylic acids is 2. The van der Waals surface area contributed by atoms with Crippen LogP contribution in [0.4, 0.5) is 5.69 Å². The van der Waals surface area contributed by atoms with E-state index in [1.165, 1.54) is 29.2 Å². The van der Waals surface area contributed by atoms with E-state index in [2.05, 4.69) is 5.32 Å². The first-order valence-electron chi connectivity index (χ1n) is 11.8. The molecule has 3 rings (SSSR count). The normalized spacial score (nSPS) is 12.1. The Morgan fingerprint density at radius 2 is 1.61 bits per heavy atom. The predicted octanol–water partition coefficient (Wildman–Crippen LogP) is 5.70. The molecule has 7 nitrogen and oxygen atoms in total. The van der Waals surface area contributed by atoms with Gasteiger partial charge in [-0.2, -0.15) is 0 Å². The average molecular weight is 597 g/mol. The molecule has 0 saturated carbocycles. The molecule has 0 bridgehead atoms. The minimum atomic E-state index is -4.18. The van der Waals surface area contributed by atoms with Gasteiger partial charge in [0.25, 0.3) is 10.0 Å². The summed E-state index contributed by atoms with van der Waals surface area (Å²) in [4.78, 5) is 27.9. The molecule has 0 aliphatic rings. The SMILES string of the molecule is CCNC(=O)C(C)N(Cc1ccc(Cl)cc1Cl)C(=O)CN(c1cccc(Cl)c1)S(=O)(=O)c1ccc(C)cc1. The van der Waals surface area contributed by atoms with Gasteiger partial charge in [-0.1, -0.05) is 64.6 Å². The molecule has 1 unspecified atom stereocenters. The number of carbonyl (C=O) groups is 2. The van der Waals surface area contributed by atoms with Gasteiger partial charge in [0.2, 0.25) is 11.8 Å². The van der Waals surface area contributed by atoms with Gasteiger partial charge in [-0.25, -0.2) is 8.42 Å². The van der Waals surface area contributed by atoms with E-state index in [0.717, 1.165) is 9.87 Å². The van der Waals surface area contributed by atoms with Crippen molar-refractivity contribution in [3.8, 4) is 0 Å². The number of nitrogens with one attached hydrogen (secondary N) is 1. The molecule has 0 radical (unpaired) electrons. The second kappa shape index (κ2) is 12.8. The Kier molecular flexibility index (Phi) is 10.1. The van der Waals surface area contributed by atoms with Crippen molar-refractivity contribution in [3.05, 3.63) is 92.9 Å². The molecule has 0 aliphatic heterocycles. The molecule has 202 valence electrons. The van der Waals surface area contributed by atoms with Crippen molar-refractivity contribution in [1.82, 2.24) is 10.2 Å². The number of aryl methyl sites for hydroxylation is 1. The van der Waals surface area contributed by atoms with E-state index in [1.54, 1.807) is 56.3 Å². The molecule has 38 heavy (non-hydrogen) atoms. The molecule has 3 aromatic rings. The number of halogens is 3. The number of amides is 2. The summed E-state index contributed by atoms with van der Waals surface area (Å²) in [7, 11) is -4.18. The summed E-state index contributed by atoms with van der Waals surface area (Å²) in [6, 6.07) is 16.5. The second-order valence-corrected chi connectivity index (χ2v) is 11.8. The van der Waals surface area contributed by atoms with Crippen molar-refractivity contribution in [1.29, 1.82) is 0 Å². The number of anilines is 1. The Labute approximate surface area is 238 Å². The van der Waals surface area contributed by atoms with Gasteiger partial charge in [-0.05, 0) is 68.8 Å². The summed E-state index contributed by atoms with van der Waals surface area (Å²) in [6.07, 6.45) is 0. The molecule has 0 spiro atoms. The van der Waals surface area contributed by atoms with Crippen molar-refractivity contribution in [2.75, 3.05) is 17.4 Å². The second-order valence-electron chi connectivity index (χ2n) is 8.63. The van der Waals surface area contributed by atoms with Crippen LogP contribution < -0.4 is 9.62 Å². The van der Waals surface area contributed by atoms with Gasteiger partial charge in [-0.15, -0.1) is 0 Å². The predicted molar refractivity (Wildman–Crippen MR) is 152 cm³/mol. The minimum Gasteiger partial charge on any atom is -0.355 e. The number of rotatable bonds is 10. The third kappa shape index (κ3) is 7.20. The lowest BCUT2D eigenvalue weighted by molar-refractivity contribution is -0.139. The molecule has 2 amide bonds. The average Bonchev–Trinajstić information content (AvgIpc) is 2.86. The van der Waals surface area contributed by atoms with Gasteiger partial charge in [0.05, 0.1) is 10.6 Å². The fraction of sp³-hybridized carbons (Fsp3) is 0.259. The van der Waals surface area contributed by atoms with Crippen LogP contribution in [-0.2, 0) is 26.2 Å². The lowest BCUT2D eigenvalue weighted by Crippen LogP contribution is -2.51. The third-order valence-electron chi connectivity index (χ3n) is 5.86. The van der Waals surface area contributed by atoms with Crippen LogP contribution in [0.5, 0.6) is 0 Å². The van der Waals surface area contributed by atoms with Gasteiger partial charge in [0.1, 0.15) is 12.6 Å². The number of hydrogen-bond acceptors (Lipinski definition) is 4. The van der Waals surface area contributed by atoms with Gasteiger partial charge in [0, 0.05) is 28.2 Å². The molecular formula is C27H28Cl3N3O4S. The maximum Gasteiger partial charge on any atom is 0.264 e. The first-order valence-corrected chi connectivity index (χ1v) is 14.4. The fourth-order valence-corrected chi connectivity index (χ4v) is 5.79. The highest BCUT2D eigenvalue weighted by Gasteiger charge is 2.32. The zero-order chi connectivity index (χ0) is 28.0. The summed E-state index contributed by atoms with van der Waals surface area (Å²) >= 11 is 18.6. The van der Waals surface area contributed by atoms with Crippen LogP contribution in [0, 0.1) is 6.92 Å². The van der Waals surface area contributed by atoms with Crippen LogP contribution in [0.2, 0.25) is 15.1 Å². The maximum atomic E-state index is 13.8. The highest BCUT2D eigenvalue weighted by atomic mass is 35.5. The largest absolute Gasteiger partial charge is 0.355 e. The highest BCUT2D eigenvalue weighted by Crippen LogP contribution is 2.28. The molecule has 0 fully saturated rings. The van der Waals surface area contributed by atoms with Crippen LogP contribution in [-0.4, -0.2) is 44.3 Å². The Morgan fingerprint density at radius 1 is 0.947 bits per heavy atom. The zero-order valence-electron chi connectivity index (χ0n) is 21.1. The first-order chi connectivity index (χ1) is 17.9. The number of nitrogens with zero attached hydrogens (tertiary/aromatic N) is 2. The lowest BCUT2D eigenvalue weighted by Gasteiger charge is -2.32. The number of sulfonamides is 1. The number of benzene rings is 3. The van der Waals surface area contributed by atoms with Crippen LogP contribution in [0.25, 0.3) is 0 Å². The molecule has 0 aliphatic carbocycles. The highest BCUT2D eigenvalue weighted by molar-refractivity contribution is 7.92. The molecule has 1 N–H and O–H groups in total. The van der Waals surface area contributed by atoms with E-state index in [-0.39, 0.29) is 23.0 Å². The molecule has 3 aromatic carbocycles. The smallest absolute Gasteiger partial charge is 0.264 e. The van der Waals surface area contributed by atoms with Gasteiger partial charge in [-0.3, -0.25) is 13.9 Å². The van der Waals surface area contributed by atoms with Crippen molar-refractivity contribution in [2.24, 2.45) is 0 Å². The standard InChI is InChI=1S/C27H28Cl3N3O4S/c1-4-31-27(35)19(3)32(16-20-10-11-22(29)15-25(20)30)26(34)17-33(23-7-5-6-21(28)14-23)38(36,37)24-12-8-18(2)9-13-24/h5-15,19H,4,16-17H2,1-3H3,(H,31,35). The Hall–Kier alpha value is -2.78. The van der Waals surface area contributed by atoms with E-state index in [1.807, 2.05) is 6.92 Å². The summed E-state index contributed by atoms with van der Waals surface area (Å²) in [5, 5.41) is 3.75. The van der Waals surface area contributed by atoms with Crippen LogP contribution >= 0.6 is 34.8 Å². The molecule has 1 atom stereocenters. The van der Waals surface area contributed by atoms with E-state index >= 15 is 0 Å². The van der Waals surface area contributed by atoms with Gasteiger partial charge in [0.15, 0.2) is 0 Å². The molecule has 0 saturated heterocycles. The lowest BCUT2D eigenvalue weighted by atomic mass is 10.1. The maximum absolute atomic E-state index is 13.8. The van der Waals surface area contributed by atoms with Crippen molar-refractivity contribution in [3.63, 3.8) is 0 Å². The summed E-state index contributed by atoms with van der Waals surface area (Å²) in [6.45, 7) is 4.93. The zero-order valence-corrected chi connectivity index (χ0v) is 24.2. The van der Waals surface area contributed by atoms with E-state index in [4.69, 9.17) is 34.8 Å². The summed E-state index contributed by atoms with van der Waals surface area (Å²) in [5.74, 6) is -0.993. The fourth-order valence-electron chi connectivity index (χ4n) is 3.74. The Balaban J connectivity index is 2.05. The number of hydrogen-bond donors (Lipinski definition) is 1.